The van der Waals surface area contributed by atoms with Crippen molar-refractivity contribution in [1.82, 2.24) is 0 Å². The van der Waals surface area contributed by atoms with E-state index in [0.29, 0.717) is 5.56 Å². The van der Waals surface area contributed by atoms with Crippen LogP contribution in [-0.2, 0) is 16.1 Å². The molecule has 0 saturated carbocycles. The van der Waals surface area contributed by atoms with Crippen LogP contribution in [-0.4, -0.2) is 22.6 Å². The van der Waals surface area contributed by atoms with Gasteiger partial charge >= 0.3 is 17.9 Å². The smallest absolute Gasteiger partial charge is 0.460 e. The Bertz CT molecular complexity index is 465. The van der Waals surface area contributed by atoms with Crippen molar-refractivity contribution < 1.29 is 27.5 Å². The molecule has 0 spiro atoms. The number of benzene rings is 1. The van der Waals surface area contributed by atoms with Crippen LogP contribution < -0.4 is 0 Å². The van der Waals surface area contributed by atoms with Crippen LogP contribution in [0.3, 0.4) is 0 Å². The van der Waals surface area contributed by atoms with E-state index in [1.54, 1.807) is 30.3 Å². The summed E-state index contributed by atoms with van der Waals surface area (Å²) in [5.74, 6) is -1.11. The average Bonchev–Trinajstić information content (AvgIpc) is 2.33. The molecule has 1 rings (SSSR count). The lowest BCUT2D eigenvalue weighted by Crippen LogP contribution is -2.27. The van der Waals surface area contributed by atoms with E-state index in [1.165, 1.54) is 0 Å². The van der Waals surface area contributed by atoms with E-state index in [0.717, 1.165) is 0 Å². The third kappa shape index (κ3) is 4.39. The Labute approximate surface area is 101 Å². The molecule has 0 heterocycles. The van der Waals surface area contributed by atoms with Crippen molar-refractivity contribution in [3.8, 4) is 0 Å². The number of carbonyl (C=O) groups is 1. The Morgan fingerprint density at radius 3 is 2.39 bits per heavy atom. The minimum absolute atomic E-state index is 0.129. The number of halogens is 3. The minimum atomic E-state index is -4.85. The second-order valence-corrected chi connectivity index (χ2v) is 3.37. The Morgan fingerprint density at radius 1 is 1.28 bits per heavy atom. The topological polar surface area (TPSA) is 62.7 Å². The standard InChI is InChI=1S/C11H9F3N2O2/c12-11(13,14)9(16-15)6-10(17)18-7-8-4-2-1-3-5-8/h1-5H,6-7H2. The summed E-state index contributed by atoms with van der Waals surface area (Å²) in [6.07, 6.45) is -5.96. The van der Waals surface area contributed by atoms with E-state index in [9.17, 15) is 18.0 Å². The quantitative estimate of drug-likeness (QED) is 0.360. The summed E-state index contributed by atoms with van der Waals surface area (Å²) >= 11 is 0. The van der Waals surface area contributed by atoms with Gasteiger partial charge in [-0.2, -0.15) is 18.0 Å². The van der Waals surface area contributed by atoms with Crippen molar-refractivity contribution in [1.29, 1.82) is 0 Å². The van der Waals surface area contributed by atoms with Crippen LogP contribution in [0.1, 0.15) is 12.0 Å². The predicted octanol–water partition coefficient (Wildman–Crippen LogP) is 2.35. The first-order valence-corrected chi connectivity index (χ1v) is 4.91. The molecule has 1 aromatic carbocycles. The Hall–Kier alpha value is -2.14. The number of esters is 1. The number of rotatable bonds is 4. The van der Waals surface area contributed by atoms with Crippen molar-refractivity contribution in [2.45, 2.75) is 19.2 Å². The zero-order valence-electron chi connectivity index (χ0n) is 9.15. The van der Waals surface area contributed by atoms with E-state index in [-0.39, 0.29) is 6.61 Å². The summed E-state index contributed by atoms with van der Waals surface area (Å²) < 4.78 is 41.1. The number of hydrogen-bond acceptors (Lipinski definition) is 2. The van der Waals surface area contributed by atoms with Crippen molar-refractivity contribution in [3.05, 3.63) is 41.4 Å². The molecule has 0 aliphatic carbocycles. The molecule has 96 valence electrons. The summed E-state index contributed by atoms with van der Waals surface area (Å²) in [5, 5.41) is 0. The molecular weight excluding hydrogens is 249 g/mol. The highest BCUT2D eigenvalue weighted by Crippen LogP contribution is 2.18. The number of ether oxygens (including phenoxy) is 1. The summed E-state index contributed by atoms with van der Waals surface area (Å²) in [6, 6.07) is 8.50. The van der Waals surface area contributed by atoms with E-state index >= 15 is 0 Å². The molecule has 0 bridgehead atoms. The fourth-order valence-corrected chi connectivity index (χ4v) is 1.12. The van der Waals surface area contributed by atoms with Gasteiger partial charge in [-0.3, -0.25) is 4.79 Å². The highest BCUT2D eigenvalue weighted by molar-refractivity contribution is 5.98. The molecule has 7 heteroatoms. The lowest BCUT2D eigenvalue weighted by Gasteiger charge is -2.04. The normalized spacial score (nSPS) is 10.6. The highest BCUT2D eigenvalue weighted by atomic mass is 19.4. The maximum Gasteiger partial charge on any atom is 0.491 e. The third-order valence-corrected chi connectivity index (χ3v) is 2.00. The molecule has 0 aromatic heterocycles. The molecule has 0 radical (unpaired) electrons. The van der Waals surface area contributed by atoms with Gasteiger partial charge in [0.05, 0.1) is 0 Å². The molecule has 18 heavy (non-hydrogen) atoms. The molecule has 0 saturated heterocycles. The second kappa shape index (κ2) is 5.97. The van der Waals surface area contributed by atoms with Crippen LogP contribution in [0.15, 0.2) is 30.3 Å². The van der Waals surface area contributed by atoms with Crippen LogP contribution in [0.25, 0.3) is 5.53 Å². The van der Waals surface area contributed by atoms with Crippen LogP contribution in [0.2, 0.25) is 0 Å². The molecule has 4 nitrogen and oxygen atoms in total. The molecular formula is C11H9F3N2O2. The first-order chi connectivity index (χ1) is 8.43. The number of carbonyl (C=O) groups excluding carboxylic acids is 1. The highest BCUT2D eigenvalue weighted by Gasteiger charge is 2.45. The van der Waals surface area contributed by atoms with Crippen LogP contribution >= 0.6 is 0 Å². The Morgan fingerprint density at radius 2 is 1.89 bits per heavy atom. The largest absolute Gasteiger partial charge is 0.491 e. The molecule has 0 atom stereocenters. The third-order valence-electron chi connectivity index (χ3n) is 2.00. The monoisotopic (exact) mass is 258 g/mol. The van der Waals surface area contributed by atoms with Crippen LogP contribution in [0.5, 0.6) is 0 Å². The molecule has 0 fully saturated rings. The van der Waals surface area contributed by atoms with Crippen molar-refractivity contribution in [2.75, 3.05) is 0 Å². The zero-order chi connectivity index (χ0) is 13.6. The van der Waals surface area contributed by atoms with Gasteiger partial charge in [0.15, 0.2) is 6.42 Å². The summed E-state index contributed by atoms with van der Waals surface area (Å²) in [7, 11) is 0. The number of alkyl halides is 3. The van der Waals surface area contributed by atoms with Gasteiger partial charge in [0.1, 0.15) is 6.61 Å². The number of nitrogens with zero attached hydrogens (tertiary/aromatic N) is 2. The van der Waals surface area contributed by atoms with Crippen LogP contribution in [0, 0.1) is 0 Å². The lowest BCUT2D eigenvalue weighted by molar-refractivity contribution is -0.148. The van der Waals surface area contributed by atoms with Gasteiger partial charge in [-0.25, -0.2) is 0 Å². The average molecular weight is 258 g/mol. The lowest BCUT2D eigenvalue weighted by atomic mass is 10.2. The van der Waals surface area contributed by atoms with Crippen molar-refractivity contribution >= 4 is 11.7 Å². The van der Waals surface area contributed by atoms with Crippen molar-refractivity contribution in [3.63, 3.8) is 0 Å². The molecule has 0 amide bonds. The molecule has 0 N–H and O–H groups in total. The first kappa shape index (κ1) is 13.9. The van der Waals surface area contributed by atoms with E-state index in [4.69, 9.17) is 5.53 Å². The minimum Gasteiger partial charge on any atom is -0.460 e. The maximum absolute atomic E-state index is 12.1. The Balaban J connectivity index is 2.50. The van der Waals surface area contributed by atoms with E-state index < -0.39 is 24.3 Å². The summed E-state index contributed by atoms with van der Waals surface area (Å²) in [4.78, 5) is 13.2. The van der Waals surface area contributed by atoms with E-state index in [1.807, 2.05) is 4.79 Å². The van der Waals surface area contributed by atoms with Gasteiger partial charge in [-0.15, -0.1) is 0 Å². The number of hydrogen-bond donors (Lipinski definition) is 0. The molecule has 0 aliphatic heterocycles. The summed E-state index contributed by atoms with van der Waals surface area (Å²) in [5.41, 5.74) is 7.23. The van der Waals surface area contributed by atoms with Crippen LogP contribution in [0.4, 0.5) is 13.2 Å². The molecule has 0 unspecified atom stereocenters. The van der Waals surface area contributed by atoms with Gasteiger partial charge in [-0.05, 0) is 5.56 Å². The first-order valence-electron chi connectivity index (χ1n) is 4.91. The van der Waals surface area contributed by atoms with E-state index in [2.05, 4.69) is 4.74 Å². The van der Waals surface area contributed by atoms with Gasteiger partial charge in [0.2, 0.25) is 0 Å². The second-order valence-electron chi connectivity index (χ2n) is 3.37. The predicted molar refractivity (Wildman–Crippen MR) is 55.5 cm³/mol. The van der Waals surface area contributed by atoms with Gasteiger partial charge in [-0.1, -0.05) is 30.3 Å². The Kier molecular flexibility index (Phi) is 4.62. The zero-order valence-corrected chi connectivity index (χ0v) is 9.15. The van der Waals surface area contributed by atoms with Crippen molar-refractivity contribution in [2.24, 2.45) is 0 Å². The summed E-state index contributed by atoms with van der Waals surface area (Å²) in [6.45, 7) is -0.129. The van der Waals surface area contributed by atoms with Gasteiger partial charge in [0, 0.05) is 0 Å². The van der Waals surface area contributed by atoms with Gasteiger partial charge in [0.25, 0.3) is 0 Å². The fraction of sp³-hybridized carbons (Fsp3) is 0.273. The molecule has 0 aliphatic rings. The fourth-order valence-electron chi connectivity index (χ4n) is 1.12. The SMILES string of the molecule is [N-]=[N+]=C(CC(=O)OCc1ccccc1)C(F)(F)F. The van der Waals surface area contributed by atoms with Gasteiger partial charge < -0.3 is 10.3 Å². The maximum atomic E-state index is 12.1. The molecule has 1 aromatic rings.